The number of methoxy groups -OCH3 is 1. The van der Waals surface area contributed by atoms with E-state index in [1.54, 1.807) is 27.0 Å². The van der Waals surface area contributed by atoms with Gasteiger partial charge in [-0.05, 0) is 48.7 Å². The first-order valence-corrected chi connectivity index (χ1v) is 14.0. The van der Waals surface area contributed by atoms with Gasteiger partial charge in [-0.3, -0.25) is 14.2 Å². The highest BCUT2D eigenvalue weighted by Gasteiger charge is 2.23. The topological polar surface area (TPSA) is 99.5 Å². The van der Waals surface area contributed by atoms with Crippen molar-refractivity contribution >= 4 is 56.8 Å². The molecule has 198 valence electrons. The summed E-state index contributed by atoms with van der Waals surface area (Å²) in [5.74, 6) is 0.0319. The lowest BCUT2D eigenvalue weighted by atomic mass is 10.2. The maximum Gasteiger partial charge on any atom is 0.348 e. The maximum atomic E-state index is 13.7. The van der Waals surface area contributed by atoms with Crippen molar-refractivity contribution in [3.63, 3.8) is 0 Å². The SMILES string of the molecule is CCOC(=O)c1sc2nc(SCC(=O)NCc3ccccc3Cl)n(Cc3ccc(OC)cc3)c(=O)c2c1C. The summed E-state index contributed by atoms with van der Waals surface area (Å²) in [6.07, 6.45) is 0. The van der Waals surface area contributed by atoms with Crippen LogP contribution in [0.1, 0.15) is 33.3 Å². The van der Waals surface area contributed by atoms with E-state index in [0.29, 0.717) is 36.6 Å². The number of esters is 1. The number of carbonyl (C=O) groups excluding carboxylic acids is 2. The van der Waals surface area contributed by atoms with Gasteiger partial charge in [0.05, 0.1) is 31.4 Å². The van der Waals surface area contributed by atoms with Crippen LogP contribution >= 0.6 is 34.7 Å². The van der Waals surface area contributed by atoms with Gasteiger partial charge in [0.1, 0.15) is 15.5 Å². The molecule has 2 heterocycles. The molecule has 11 heteroatoms. The predicted octanol–water partition coefficient (Wildman–Crippen LogP) is 5.06. The minimum atomic E-state index is -0.484. The molecule has 0 atom stereocenters. The molecule has 0 saturated carbocycles. The zero-order valence-corrected chi connectivity index (χ0v) is 23.5. The lowest BCUT2D eigenvalue weighted by Crippen LogP contribution is -2.27. The molecule has 2 aromatic heterocycles. The lowest BCUT2D eigenvalue weighted by molar-refractivity contribution is -0.118. The standard InChI is InChI=1S/C27H26ClN3O5S2/c1-4-36-26(34)23-16(2)22-24(38-23)30-27(31(25(22)33)14-17-9-11-19(35-3)12-10-17)37-15-21(32)29-13-18-7-5-6-8-20(18)28/h5-12H,4,13-15H2,1-3H3,(H,29,32). The van der Waals surface area contributed by atoms with Crippen molar-refractivity contribution in [2.75, 3.05) is 19.5 Å². The van der Waals surface area contributed by atoms with Gasteiger partial charge in [-0.25, -0.2) is 9.78 Å². The van der Waals surface area contributed by atoms with E-state index in [4.69, 9.17) is 26.1 Å². The van der Waals surface area contributed by atoms with Gasteiger partial charge in [-0.2, -0.15) is 0 Å². The minimum absolute atomic E-state index is 0.0418. The lowest BCUT2D eigenvalue weighted by Gasteiger charge is -2.13. The van der Waals surface area contributed by atoms with Crippen LogP contribution in [0.3, 0.4) is 0 Å². The van der Waals surface area contributed by atoms with Crippen molar-refractivity contribution in [1.29, 1.82) is 0 Å². The molecule has 38 heavy (non-hydrogen) atoms. The number of nitrogens with one attached hydrogen (secondary N) is 1. The van der Waals surface area contributed by atoms with Crippen molar-refractivity contribution in [3.8, 4) is 5.75 Å². The Bertz CT molecular complexity index is 1530. The Hall–Kier alpha value is -3.34. The Balaban J connectivity index is 1.64. The number of thioether (sulfide) groups is 1. The normalized spacial score (nSPS) is 10.9. The molecular weight excluding hydrogens is 546 g/mol. The number of benzene rings is 2. The number of halogens is 1. The third kappa shape index (κ3) is 6.20. The van der Waals surface area contributed by atoms with Crippen LogP contribution in [0.15, 0.2) is 58.5 Å². The molecule has 0 aliphatic rings. The number of nitrogens with zero attached hydrogens (tertiary/aromatic N) is 2. The summed E-state index contributed by atoms with van der Waals surface area (Å²) >= 11 is 8.46. The molecular formula is C27H26ClN3O5S2. The van der Waals surface area contributed by atoms with Gasteiger partial charge >= 0.3 is 5.97 Å². The molecule has 0 bridgehead atoms. The second-order valence-electron chi connectivity index (χ2n) is 8.25. The molecule has 0 aliphatic carbocycles. The Morgan fingerprint density at radius 3 is 2.58 bits per heavy atom. The highest BCUT2D eigenvalue weighted by Crippen LogP contribution is 2.30. The van der Waals surface area contributed by atoms with Crippen LogP contribution < -0.4 is 15.6 Å². The van der Waals surface area contributed by atoms with Gasteiger partial charge in [0, 0.05) is 11.6 Å². The Morgan fingerprint density at radius 2 is 1.89 bits per heavy atom. The number of ether oxygens (including phenoxy) is 2. The first kappa shape index (κ1) is 27.7. The largest absolute Gasteiger partial charge is 0.497 e. The number of aromatic nitrogens is 2. The van der Waals surface area contributed by atoms with Gasteiger partial charge in [-0.1, -0.05) is 53.7 Å². The molecule has 2 aromatic carbocycles. The van der Waals surface area contributed by atoms with Crippen molar-refractivity contribution in [3.05, 3.63) is 85.5 Å². The predicted molar refractivity (Wildman–Crippen MR) is 151 cm³/mol. The number of rotatable bonds is 10. The van der Waals surface area contributed by atoms with Crippen molar-refractivity contribution in [2.45, 2.75) is 32.1 Å². The fraction of sp³-hybridized carbons (Fsp3) is 0.259. The maximum absolute atomic E-state index is 13.7. The number of carbonyl (C=O) groups is 2. The van der Waals surface area contributed by atoms with Crippen LogP contribution in [0.5, 0.6) is 5.75 Å². The Kier molecular flexibility index (Phi) is 9.09. The van der Waals surface area contributed by atoms with E-state index in [0.717, 1.165) is 34.2 Å². The fourth-order valence-electron chi connectivity index (χ4n) is 3.77. The molecule has 1 amide bonds. The molecule has 0 fully saturated rings. The average Bonchev–Trinajstić information content (AvgIpc) is 3.25. The molecule has 0 unspecified atom stereocenters. The van der Waals surface area contributed by atoms with Gasteiger partial charge in [-0.15, -0.1) is 11.3 Å². The average molecular weight is 572 g/mol. The third-order valence-electron chi connectivity index (χ3n) is 5.74. The fourth-order valence-corrected chi connectivity index (χ4v) is 5.92. The summed E-state index contributed by atoms with van der Waals surface area (Å²) in [5, 5.41) is 4.18. The van der Waals surface area contributed by atoms with Gasteiger partial charge in [0.15, 0.2) is 5.16 Å². The summed E-state index contributed by atoms with van der Waals surface area (Å²) in [4.78, 5) is 44.3. The first-order valence-electron chi connectivity index (χ1n) is 11.8. The number of hydrogen-bond donors (Lipinski definition) is 1. The number of amides is 1. The van der Waals surface area contributed by atoms with Crippen LogP contribution in [-0.2, 0) is 22.6 Å². The molecule has 1 N–H and O–H groups in total. The van der Waals surface area contributed by atoms with Gasteiger partial charge < -0.3 is 14.8 Å². The monoisotopic (exact) mass is 571 g/mol. The van der Waals surface area contributed by atoms with E-state index >= 15 is 0 Å². The Labute approximate surface area is 232 Å². The van der Waals surface area contributed by atoms with Crippen LogP contribution in [0.4, 0.5) is 0 Å². The van der Waals surface area contributed by atoms with Crippen LogP contribution in [0.25, 0.3) is 10.2 Å². The Morgan fingerprint density at radius 1 is 1.16 bits per heavy atom. The smallest absolute Gasteiger partial charge is 0.348 e. The van der Waals surface area contributed by atoms with E-state index in [2.05, 4.69) is 5.32 Å². The first-order chi connectivity index (χ1) is 18.3. The van der Waals surface area contributed by atoms with Crippen molar-refractivity contribution in [1.82, 2.24) is 14.9 Å². The van der Waals surface area contributed by atoms with E-state index < -0.39 is 5.97 Å². The summed E-state index contributed by atoms with van der Waals surface area (Å²) < 4.78 is 11.9. The van der Waals surface area contributed by atoms with E-state index in [9.17, 15) is 14.4 Å². The van der Waals surface area contributed by atoms with Crippen molar-refractivity contribution in [2.24, 2.45) is 0 Å². The zero-order valence-electron chi connectivity index (χ0n) is 21.1. The summed E-state index contributed by atoms with van der Waals surface area (Å²) in [7, 11) is 1.59. The summed E-state index contributed by atoms with van der Waals surface area (Å²) in [6.45, 7) is 4.20. The third-order valence-corrected chi connectivity index (χ3v) is 8.25. The van der Waals surface area contributed by atoms with E-state index in [-0.39, 0.29) is 36.9 Å². The highest BCUT2D eigenvalue weighted by molar-refractivity contribution is 7.99. The van der Waals surface area contributed by atoms with Crippen LogP contribution in [-0.4, -0.2) is 40.9 Å². The molecule has 4 rings (SSSR count). The summed E-state index contributed by atoms with van der Waals surface area (Å²) in [5.41, 5.74) is 1.93. The summed E-state index contributed by atoms with van der Waals surface area (Å²) in [6, 6.07) is 14.7. The number of hydrogen-bond acceptors (Lipinski definition) is 8. The minimum Gasteiger partial charge on any atom is -0.497 e. The second kappa shape index (κ2) is 12.5. The van der Waals surface area contributed by atoms with Gasteiger partial charge in [0.25, 0.3) is 5.56 Å². The van der Waals surface area contributed by atoms with Crippen molar-refractivity contribution < 1.29 is 19.1 Å². The molecule has 0 saturated heterocycles. The number of aryl methyl sites for hydroxylation is 1. The second-order valence-corrected chi connectivity index (χ2v) is 10.6. The number of thiophene rings is 1. The molecule has 0 aliphatic heterocycles. The van der Waals surface area contributed by atoms with Gasteiger partial charge in [0.2, 0.25) is 5.91 Å². The highest BCUT2D eigenvalue weighted by atomic mass is 35.5. The van der Waals surface area contributed by atoms with E-state index in [1.165, 1.54) is 4.57 Å². The van der Waals surface area contributed by atoms with Crippen LogP contribution in [0.2, 0.25) is 5.02 Å². The number of fused-ring (bicyclic) bond motifs is 1. The quantitative estimate of drug-likeness (QED) is 0.161. The molecule has 0 spiro atoms. The van der Waals surface area contributed by atoms with Crippen LogP contribution in [0, 0.1) is 6.92 Å². The molecule has 4 aromatic rings. The zero-order chi connectivity index (χ0) is 27.2. The molecule has 0 radical (unpaired) electrons. The molecule has 8 nitrogen and oxygen atoms in total. The van der Waals surface area contributed by atoms with E-state index in [1.807, 2.05) is 42.5 Å².